The number of benzene rings is 3. The lowest BCUT2D eigenvalue weighted by Gasteiger charge is -2.34. The number of imide groups is 1. The molecule has 3 amide bonds. The highest BCUT2D eigenvalue weighted by Gasteiger charge is 2.32. The predicted molar refractivity (Wildman–Crippen MR) is 225 cm³/mol. The minimum absolute atomic E-state index is 0. The van der Waals surface area contributed by atoms with Crippen molar-refractivity contribution in [3.05, 3.63) is 100 Å². The molecule has 0 bridgehead atoms. The van der Waals surface area contributed by atoms with Crippen molar-refractivity contribution in [3.63, 3.8) is 0 Å². The molecule has 19 heteroatoms. The van der Waals surface area contributed by atoms with E-state index in [0.29, 0.717) is 30.5 Å². The highest BCUT2D eigenvalue weighted by atomic mass is 35.5. The number of aromatic hydroxyl groups is 1. The third kappa shape index (κ3) is 8.11. The number of imidazole rings is 1. The van der Waals surface area contributed by atoms with E-state index >= 15 is 0 Å². The number of amides is 3. The molecule has 5 heterocycles. The van der Waals surface area contributed by atoms with Gasteiger partial charge in [0, 0.05) is 82.3 Å². The number of anilines is 1. The third-order valence-corrected chi connectivity index (χ3v) is 12.4. The Labute approximate surface area is 358 Å². The number of hydrogen-bond acceptors (Lipinski definition) is 10. The van der Waals surface area contributed by atoms with Crippen molar-refractivity contribution in [2.24, 2.45) is 13.0 Å². The van der Waals surface area contributed by atoms with E-state index in [1.807, 2.05) is 59.7 Å². The van der Waals surface area contributed by atoms with Crippen molar-refractivity contribution in [2.75, 3.05) is 37.6 Å². The highest BCUT2D eigenvalue weighted by Crippen LogP contribution is 2.34. The molecule has 2 aliphatic heterocycles. The summed E-state index contributed by atoms with van der Waals surface area (Å²) >= 11 is 0. The molecule has 1 saturated carbocycles. The number of aromatic nitrogens is 6. The van der Waals surface area contributed by atoms with Gasteiger partial charge in [-0.25, -0.2) is 23.5 Å². The topological polar surface area (TPSA) is 173 Å². The van der Waals surface area contributed by atoms with Crippen molar-refractivity contribution in [2.45, 2.75) is 57.2 Å². The zero-order valence-electron chi connectivity index (χ0n) is 33.7. The van der Waals surface area contributed by atoms with Gasteiger partial charge in [-0.3, -0.25) is 38.4 Å². The number of carbonyl (C=O) groups is 3. The van der Waals surface area contributed by atoms with Gasteiger partial charge in [-0.2, -0.15) is 9.49 Å². The summed E-state index contributed by atoms with van der Waals surface area (Å²) in [6, 6.07) is 11.9. The van der Waals surface area contributed by atoms with Crippen molar-refractivity contribution in [1.82, 2.24) is 44.4 Å². The van der Waals surface area contributed by atoms with E-state index in [4.69, 9.17) is 15.1 Å². The summed E-state index contributed by atoms with van der Waals surface area (Å²) in [6.07, 6.45) is 9.34. The van der Waals surface area contributed by atoms with Crippen LogP contribution >= 0.6 is 12.4 Å². The molecular weight excluding hydrogens is 829 g/mol. The molecule has 3 aromatic heterocycles. The summed E-state index contributed by atoms with van der Waals surface area (Å²) in [5.41, 5.74) is 4.04. The zero-order chi connectivity index (χ0) is 42.5. The van der Waals surface area contributed by atoms with Gasteiger partial charge in [0.1, 0.15) is 6.04 Å². The number of hydrogen-bond donors (Lipinski definition) is 3. The third-order valence-electron chi connectivity index (χ3n) is 12.4. The summed E-state index contributed by atoms with van der Waals surface area (Å²) in [4.78, 5) is 63.8. The van der Waals surface area contributed by atoms with E-state index in [2.05, 4.69) is 20.4 Å². The Kier molecular flexibility index (Phi) is 11.8. The van der Waals surface area contributed by atoms with E-state index in [0.717, 1.165) is 85.0 Å². The molecule has 9 rings (SSSR count). The first kappa shape index (κ1) is 42.4. The molecule has 3 aromatic carbocycles. The number of rotatable bonds is 9. The Hall–Kier alpha value is -6.27. The Morgan fingerprint density at radius 3 is 2.35 bits per heavy atom. The number of carbonyl (C=O) groups excluding carboxylic acids is 3. The fraction of sp³-hybridized carbons (Fsp3) is 0.372. The number of halogens is 4. The van der Waals surface area contributed by atoms with Crippen LogP contribution < -0.4 is 21.2 Å². The molecule has 324 valence electrons. The van der Waals surface area contributed by atoms with Crippen LogP contribution in [0, 0.1) is 23.4 Å². The van der Waals surface area contributed by atoms with Gasteiger partial charge in [-0.1, -0.05) is 18.2 Å². The SMILES string of the molecule is Cl.Cn1c(=O)n([C@@H]2CCC(=O)NC2=O)c2ccc(CN3CCN(c4ncc(-c5ccc6cn(C7CCC(CNC(=O)c8cc(F)c(O)c(F)c8F)CC7)nc6c5)cn4)CC3)cc21. The molecule has 6 aromatic rings. The van der Waals surface area contributed by atoms with E-state index in [-0.39, 0.29) is 48.9 Å². The van der Waals surface area contributed by atoms with Crippen LogP contribution in [0.25, 0.3) is 33.1 Å². The minimum Gasteiger partial charge on any atom is -0.503 e. The van der Waals surface area contributed by atoms with Gasteiger partial charge in [0.05, 0.1) is 28.2 Å². The summed E-state index contributed by atoms with van der Waals surface area (Å²) in [6.45, 7) is 4.00. The van der Waals surface area contributed by atoms with Crippen LogP contribution in [0.2, 0.25) is 0 Å². The number of piperazine rings is 1. The van der Waals surface area contributed by atoms with Crippen LogP contribution in [0.15, 0.2) is 65.8 Å². The molecule has 15 nitrogen and oxygen atoms in total. The van der Waals surface area contributed by atoms with Gasteiger partial charge in [0.25, 0.3) is 5.91 Å². The van der Waals surface area contributed by atoms with Gasteiger partial charge in [-0.05, 0) is 73.4 Å². The molecule has 62 heavy (non-hydrogen) atoms. The highest BCUT2D eigenvalue weighted by molar-refractivity contribution is 6.00. The average Bonchev–Trinajstić information content (AvgIpc) is 3.81. The first-order valence-electron chi connectivity index (χ1n) is 20.4. The minimum atomic E-state index is -1.79. The first-order valence-corrected chi connectivity index (χ1v) is 20.4. The number of phenolic OH excluding ortho intramolecular Hbond substituents is 1. The fourth-order valence-electron chi connectivity index (χ4n) is 8.83. The first-order chi connectivity index (χ1) is 29.4. The van der Waals surface area contributed by atoms with Gasteiger partial charge >= 0.3 is 5.69 Å². The van der Waals surface area contributed by atoms with E-state index < -0.39 is 46.6 Å². The van der Waals surface area contributed by atoms with Gasteiger partial charge < -0.3 is 15.3 Å². The van der Waals surface area contributed by atoms with Crippen LogP contribution in [-0.2, 0) is 23.2 Å². The second-order valence-electron chi connectivity index (χ2n) is 16.2. The number of nitrogens with one attached hydrogen (secondary N) is 2. The molecule has 0 radical (unpaired) electrons. The molecular formula is C43H44ClF3N10O5. The Morgan fingerprint density at radius 1 is 0.887 bits per heavy atom. The molecule has 2 saturated heterocycles. The molecule has 1 atom stereocenters. The van der Waals surface area contributed by atoms with E-state index in [1.54, 1.807) is 11.6 Å². The number of piperidine rings is 1. The molecule has 3 fully saturated rings. The van der Waals surface area contributed by atoms with Crippen LogP contribution in [-0.4, -0.2) is 89.3 Å². The standard InChI is InChI=1S/C43H43F3N10O5.ClH/c1-52-35-16-25(4-9-33(35)56(43(52)61)34-10-11-36(57)50-41(34)60)22-53-12-14-54(15-13-53)42-48-20-28(21-49-42)26-5-6-27-23-55(51-32(27)17-26)29-7-2-24(3-8-29)19-47-40(59)30-18-31(44)39(58)38(46)37(30)45;/h4-6,9,16-18,20-21,23-24,29,34,58H,2-3,7-8,10-15,19,22H2,1H3,(H,47,59)(H,50,57,60);1H/t24?,29?,34-;/m1./s1. The number of nitrogens with zero attached hydrogens (tertiary/aromatic N) is 8. The van der Waals surface area contributed by atoms with Gasteiger partial charge in [-0.15, -0.1) is 12.4 Å². The van der Waals surface area contributed by atoms with Crippen molar-refractivity contribution < 1.29 is 32.7 Å². The number of aryl methyl sites for hydroxylation is 1. The molecule has 1 aliphatic carbocycles. The van der Waals surface area contributed by atoms with Crippen molar-refractivity contribution >= 4 is 58.0 Å². The lowest BCUT2D eigenvalue weighted by molar-refractivity contribution is -0.135. The summed E-state index contributed by atoms with van der Waals surface area (Å²) in [5.74, 6) is -7.18. The monoisotopic (exact) mass is 872 g/mol. The maximum Gasteiger partial charge on any atom is 0.329 e. The van der Waals surface area contributed by atoms with E-state index in [9.17, 15) is 37.5 Å². The molecule has 0 spiro atoms. The van der Waals surface area contributed by atoms with Gasteiger partial charge in [0.15, 0.2) is 17.4 Å². The smallest absolute Gasteiger partial charge is 0.329 e. The van der Waals surface area contributed by atoms with Crippen LogP contribution in [0.5, 0.6) is 5.75 Å². The van der Waals surface area contributed by atoms with Crippen molar-refractivity contribution in [1.29, 1.82) is 0 Å². The second-order valence-corrected chi connectivity index (χ2v) is 16.2. The van der Waals surface area contributed by atoms with Crippen molar-refractivity contribution in [3.8, 4) is 16.9 Å². The Balaban J connectivity index is 0.00000529. The number of phenols is 1. The van der Waals surface area contributed by atoms with Crippen LogP contribution in [0.1, 0.15) is 66.5 Å². The second kappa shape index (κ2) is 17.2. The Bertz CT molecular complexity index is 2760. The predicted octanol–water partition coefficient (Wildman–Crippen LogP) is 5.15. The van der Waals surface area contributed by atoms with Crippen LogP contribution in [0.4, 0.5) is 19.1 Å². The zero-order valence-corrected chi connectivity index (χ0v) is 34.5. The largest absolute Gasteiger partial charge is 0.503 e. The quantitative estimate of drug-likeness (QED) is 0.130. The molecule has 3 N–H and O–H groups in total. The Morgan fingerprint density at radius 2 is 1.63 bits per heavy atom. The van der Waals surface area contributed by atoms with Crippen LogP contribution in [0.3, 0.4) is 0 Å². The summed E-state index contributed by atoms with van der Waals surface area (Å²) in [5, 5.41) is 20.1. The maximum atomic E-state index is 14.1. The normalized spacial score (nSPS) is 19.7. The summed E-state index contributed by atoms with van der Waals surface area (Å²) < 4.78 is 46.6. The summed E-state index contributed by atoms with van der Waals surface area (Å²) in [7, 11) is 1.70. The maximum absolute atomic E-state index is 14.1. The molecule has 3 aliphatic rings. The number of fused-ring (bicyclic) bond motifs is 2. The fourth-order valence-corrected chi connectivity index (χ4v) is 8.83. The van der Waals surface area contributed by atoms with Gasteiger partial charge in [0.2, 0.25) is 23.6 Å². The molecule has 0 unspecified atom stereocenters. The lowest BCUT2D eigenvalue weighted by atomic mass is 9.86. The van der Waals surface area contributed by atoms with E-state index in [1.165, 1.54) is 4.57 Å². The lowest BCUT2D eigenvalue weighted by Crippen LogP contribution is -2.46. The average molecular weight is 873 g/mol.